The summed E-state index contributed by atoms with van der Waals surface area (Å²) in [4.78, 5) is 0. The van der Waals surface area contributed by atoms with Gasteiger partial charge in [-0.05, 0) is 18.9 Å². The van der Waals surface area contributed by atoms with Crippen LogP contribution in [0.4, 0.5) is 0 Å². The maximum atomic E-state index is 5.73. The van der Waals surface area contributed by atoms with Gasteiger partial charge in [0.15, 0.2) is 5.82 Å². The van der Waals surface area contributed by atoms with Gasteiger partial charge in [-0.3, -0.25) is 5.10 Å². The van der Waals surface area contributed by atoms with Gasteiger partial charge in [-0.25, -0.2) is 0 Å². The number of hydrogen-bond acceptors (Lipinski definition) is 4. The summed E-state index contributed by atoms with van der Waals surface area (Å²) < 4.78 is 2.16. The number of aryl methyl sites for hydroxylation is 1. The van der Waals surface area contributed by atoms with Crippen molar-refractivity contribution in [2.75, 3.05) is 6.54 Å². The van der Waals surface area contributed by atoms with Crippen LogP contribution in [0.1, 0.15) is 12.2 Å². The Morgan fingerprint density at radius 1 is 1.50 bits per heavy atom. The molecule has 1 aliphatic rings. The van der Waals surface area contributed by atoms with Gasteiger partial charge in [0.2, 0.25) is 0 Å². The summed E-state index contributed by atoms with van der Waals surface area (Å²) in [5.41, 5.74) is 6.71. The van der Waals surface area contributed by atoms with Crippen molar-refractivity contribution >= 4 is 0 Å². The van der Waals surface area contributed by atoms with Crippen LogP contribution in [0.15, 0.2) is 12.4 Å². The Kier molecular flexibility index (Phi) is 2.21. The van der Waals surface area contributed by atoms with E-state index in [1.165, 1.54) is 0 Å². The number of H-pyrrole nitrogens is 1. The number of nitrogens with two attached hydrogens (primary N) is 1. The van der Waals surface area contributed by atoms with E-state index in [1.54, 1.807) is 6.20 Å². The maximum Gasteiger partial charge on any atom is 0.167 e. The lowest BCUT2D eigenvalue weighted by Gasteiger charge is -2.22. The van der Waals surface area contributed by atoms with Crippen LogP contribution in [-0.2, 0) is 13.0 Å². The predicted molar refractivity (Wildman–Crippen MR) is 58.5 cm³/mol. The number of hydrogen-bond donors (Lipinski definition) is 2. The average molecular weight is 218 g/mol. The molecule has 6 heteroatoms. The first-order valence-electron chi connectivity index (χ1n) is 5.50. The van der Waals surface area contributed by atoms with Crippen LogP contribution in [0.25, 0.3) is 11.4 Å². The third-order valence-corrected chi connectivity index (χ3v) is 3.13. The van der Waals surface area contributed by atoms with E-state index in [4.69, 9.17) is 5.73 Å². The van der Waals surface area contributed by atoms with Crippen molar-refractivity contribution in [3.63, 3.8) is 0 Å². The van der Waals surface area contributed by atoms with Crippen LogP contribution in [0.3, 0.4) is 0 Å². The summed E-state index contributed by atoms with van der Waals surface area (Å²) in [6.45, 7) is 1.64. The van der Waals surface area contributed by atoms with E-state index < -0.39 is 0 Å². The van der Waals surface area contributed by atoms with Crippen LogP contribution in [-0.4, -0.2) is 31.5 Å². The molecule has 0 saturated heterocycles. The second-order valence-corrected chi connectivity index (χ2v) is 4.18. The first-order chi connectivity index (χ1) is 7.88. The number of aromatic amines is 1. The minimum Gasteiger partial charge on any atom is -0.330 e. The molecule has 6 nitrogen and oxygen atoms in total. The van der Waals surface area contributed by atoms with Crippen molar-refractivity contribution in [3.8, 4) is 11.4 Å². The fraction of sp³-hybridized carbons (Fsp3) is 0.500. The van der Waals surface area contributed by atoms with Crippen LogP contribution < -0.4 is 5.73 Å². The van der Waals surface area contributed by atoms with Crippen LogP contribution in [0, 0.1) is 5.92 Å². The lowest BCUT2D eigenvalue weighted by atomic mass is 9.99. The van der Waals surface area contributed by atoms with Gasteiger partial charge in [-0.15, -0.1) is 10.2 Å². The summed E-state index contributed by atoms with van der Waals surface area (Å²) in [5.74, 6) is 2.48. The molecule has 0 aliphatic carbocycles. The van der Waals surface area contributed by atoms with E-state index in [9.17, 15) is 0 Å². The number of rotatable bonds is 2. The molecule has 0 radical (unpaired) electrons. The molecule has 1 unspecified atom stereocenters. The Hall–Kier alpha value is -1.69. The van der Waals surface area contributed by atoms with Crippen LogP contribution in [0.2, 0.25) is 0 Å². The average Bonchev–Trinajstić information content (AvgIpc) is 2.96. The lowest BCUT2D eigenvalue weighted by Crippen LogP contribution is -2.26. The lowest BCUT2D eigenvalue weighted by molar-refractivity contribution is 0.375. The van der Waals surface area contributed by atoms with Gasteiger partial charge in [-0.1, -0.05) is 0 Å². The molecule has 84 valence electrons. The molecule has 0 spiro atoms. The number of nitrogens with one attached hydrogen (secondary N) is 1. The predicted octanol–water partition coefficient (Wildman–Crippen LogP) is 0.189. The number of aromatic nitrogens is 5. The highest BCUT2D eigenvalue weighted by Gasteiger charge is 2.22. The zero-order valence-corrected chi connectivity index (χ0v) is 8.93. The highest BCUT2D eigenvalue weighted by atomic mass is 15.3. The van der Waals surface area contributed by atoms with Crippen molar-refractivity contribution in [3.05, 3.63) is 18.2 Å². The van der Waals surface area contributed by atoms with Gasteiger partial charge in [0.05, 0.1) is 11.8 Å². The van der Waals surface area contributed by atoms with E-state index in [-0.39, 0.29) is 0 Å². The summed E-state index contributed by atoms with van der Waals surface area (Å²) in [6, 6.07) is 0. The van der Waals surface area contributed by atoms with E-state index in [0.717, 1.165) is 43.1 Å². The SMILES string of the molecule is NCC1CCc2nnc(-c3cn[nH]c3)n2C1. The highest BCUT2D eigenvalue weighted by Crippen LogP contribution is 2.24. The zero-order chi connectivity index (χ0) is 11.0. The number of nitrogens with zero attached hydrogens (tertiary/aromatic N) is 4. The van der Waals surface area contributed by atoms with Gasteiger partial charge in [-0.2, -0.15) is 5.10 Å². The third-order valence-electron chi connectivity index (χ3n) is 3.13. The molecule has 0 fully saturated rings. The molecule has 16 heavy (non-hydrogen) atoms. The topological polar surface area (TPSA) is 85.4 Å². The quantitative estimate of drug-likeness (QED) is 0.753. The van der Waals surface area contributed by atoms with E-state index in [1.807, 2.05) is 6.20 Å². The van der Waals surface area contributed by atoms with Crippen molar-refractivity contribution in [2.24, 2.45) is 11.7 Å². The molecule has 3 rings (SSSR count). The van der Waals surface area contributed by atoms with E-state index >= 15 is 0 Å². The van der Waals surface area contributed by atoms with Gasteiger partial charge in [0.25, 0.3) is 0 Å². The first kappa shape index (κ1) is 9.53. The second-order valence-electron chi connectivity index (χ2n) is 4.18. The molecule has 2 aromatic rings. The Labute approximate surface area is 92.9 Å². The molecule has 2 aromatic heterocycles. The summed E-state index contributed by atoms with van der Waals surface area (Å²) in [6.07, 6.45) is 5.68. The summed E-state index contributed by atoms with van der Waals surface area (Å²) >= 11 is 0. The molecule has 0 saturated carbocycles. The van der Waals surface area contributed by atoms with E-state index in [0.29, 0.717) is 5.92 Å². The molecule has 0 amide bonds. The van der Waals surface area contributed by atoms with Gasteiger partial charge < -0.3 is 10.3 Å². The second kappa shape index (κ2) is 3.71. The van der Waals surface area contributed by atoms with Crippen molar-refractivity contribution < 1.29 is 0 Å². The van der Waals surface area contributed by atoms with Gasteiger partial charge in [0.1, 0.15) is 5.82 Å². The normalized spacial score (nSPS) is 19.7. The maximum absolute atomic E-state index is 5.73. The zero-order valence-electron chi connectivity index (χ0n) is 8.93. The summed E-state index contributed by atoms with van der Waals surface area (Å²) in [5, 5.41) is 15.2. The summed E-state index contributed by atoms with van der Waals surface area (Å²) in [7, 11) is 0. The third kappa shape index (κ3) is 1.42. The van der Waals surface area contributed by atoms with Crippen molar-refractivity contribution in [1.29, 1.82) is 0 Å². The number of fused-ring (bicyclic) bond motifs is 1. The molecule has 1 atom stereocenters. The standard InChI is InChI=1S/C10H14N6/c11-3-7-1-2-9-14-15-10(16(9)6-7)8-4-12-13-5-8/h4-5,7H,1-3,6,11H2,(H,12,13). The smallest absolute Gasteiger partial charge is 0.167 e. The van der Waals surface area contributed by atoms with Crippen LogP contribution in [0.5, 0.6) is 0 Å². The first-order valence-corrected chi connectivity index (χ1v) is 5.50. The minimum atomic E-state index is 0.536. The Balaban J connectivity index is 2.00. The molecule has 0 bridgehead atoms. The largest absolute Gasteiger partial charge is 0.330 e. The molecule has 1 aliphatic heterocycles. The Bertz CT molecular complexity index is 471. The molecule has 3 heterocycles. The minimum absolute atomic E-state index is 0.536. The fourth-order valence-corrected chi connectivity index (χ4v) is 2.17. The molecule has 0 aromatic carbocycles. The molecule has 3 N–H and O–H groups in total. The highest BCUT2D eigenvalue weighted by molar-refractivity contribution is 5.52. The molecular formula is C10H14N6. The van der Waals surface area contributed by atoms with Crippen molar-refractivity contribution in [1.82, 2.24) is 25.0 Å². The molecular weight excluding hydrogens is 204 g/mol. The Morgan fingerprint density at radius 2 is 2.44 bits per heavy atom. The monoisotopic (exact) mass is 218 g/mol. The Morgan fingerprint density at radius 3 is 3.19 bits per heavy atom. The van der Waals surface area contributed by atoms with Crippen molar-refractivity contribution in [2.45, 2.75) is 19.4 Å². The fourth-order valence-electron chi connectivity index (χ4n) is 2.17. The van der Waals surface area contributed by atoms with Crippen LogP contribution >= 0.6 is 0 Å². The van der Waals surface area contributed by atoms with Gasteiger partial charge >= 0.3 is 0 Å². The van der Waals surface area contributed by atoms with E-state index in [2.05, 4.69) is 25.0 Å². The van der Waals surface area contributed by atoms with Gasteiger partial charge in [0, 0.05) is 19.2 Å².